The van der Waals surface area contributed by atoms with E-state index in [1.54, 1.807) is 7.11 Å². The quantitative estimate of drug-likeness (QED) is 0.860. The third-order valence-corrected chi connectivity index (χ3v) is 5.04. The van der Waals surface area contributed by atoms with Gasteiger partial charge in [0.05, 0.1) is 12.0 Å². The second-order valence-corrected chi connectivity index (χ2v) is 6.08. The van der Waals surface area contributed by atoms with Crippen LogP contribution < -0.4 is 4.74 Å². The third kappa shape index (κ3) is 2.73. The molecule has 0 fully saturated rings. The molecule has 1 heterocycles. The minimum Gasteiger partial charge on any atom is -0.497 e. The first-order chi connectivity index (χ1) is 8.13. The van der Waals surface area contributed by atoms with Crippen LogP contribution in [-0.4, -0.2) is 12.2 Å². The van der Waals surface area contributed by atoms with Gasteiger partial charge in [-0.2, -0.15) is 0 Å². The zero-order chi connectivity index (χ0) is 12.4. The molecule has 0 amide bonds. The summed E-state index contributed by atoms with van der Waals surface area (Å²) in [6.07, 6.45) is -0.658. The number of benzene rings is 1. The second kappa shape index (κ2) is 5.52. The molecule has 0 aliphatic rings. The van der Waals surface area contributed by atoms with Crippen molar-refractivity contribution in [3.8, 4) is 5.75 Å². The molecule has 1 aromatic carbocycles. The molecule has 0 aliphatic carbocycles. The first kappa shape index (κ1) is 13.1. The van der Waals surface area contributed by atoms with Crippen LogP contribution in [0.25, 0.3) is 0 Å². The average Bonchev–Trinajstić information content (AvgIpc) is 2.75. The minimum absolute atomic E-state index is 0.658. The first-order valence-electron chi connectivity index (χ1n) is 4.88. The number of ether oxygens (including phenoxy) is 1. The van der Waals surface area contributed by atoms with Gasteiger partial charge in [-0.25, -0.2) is 0 Å². The van der Waals surface area contributed by atoms with Gasteiger partial charge in [0.15, 0.2) is 0 Å². The molecule has 0 saturated heterocycles. The van der Waals surface area contributed by atoms with E-state index in [1.165, 1.54) is 11.3 Å². The summed E-state index contributed by atoms with van der Waals surface area (Å²) >= 11 is 8.39. The number of aliphatic hydroxyl groups is 1. The van der Waals surface area contributed by atoms with Crippen molar-refractivity contribution < 1.29 is 9.84 Å². The number of thiophene rings is 1. The van der Waals surface area contributed by atoms with Gasteiger partial charge in [-0.15, -0.1) is 11.3 Å². The van der Waals surface area contributed by atoms with Crippen LogP contribution in [0, 0.1) is 0 Å². The number of aliphatic hydroxyl groups excluding tert-OH is 1. The third-order valence-electron chi connectivity index (χ3n) is 2.39. The van der Waals surface area contributed by atoms with Crippen molar-refractivity contribution >= 4 is 43.2 Å². The Balaban J connectivity index is 2.43. The van der Waals surface area contributed by atoms with E-state index in [1.807, 2.05) is 29.6 Å². The lowest BCUT2D eigenvalue weighted by molar-refractivity contribution is 0.222. The molecular weight excluding hydrogens is 368 g/mol. The van der Waals surface area contributed by atoms with Crippen molar-refractivity contribution in [2.75, 3.05) is 7.11 Å². The standard InChI is InChI=1S/C12H10Br2O2S/c1-16-7-2-3-9(13)8(6-7)11(15)12-10(14)4-5-17-12/h2-6,11,15H,1H3. The van der Waals surface area contributed by atoms with Gasteiger partial charge in [0, 0.05) is 14.5 Å². The van der Waals surface area contributed by atoms with E-state index in [9.17, 15) is 5.11 Å². The molecule has 1 aromatic heterocycles. The number of hydrogen-bond acceptors (Lipinski definition) is 3. The molecule has 0 saturated carbocycles. The van der Waals surface area contributed by atoms with Crippen molar-refractivity contribution in [1.82, 2.24) is 0 Å². The molecule has 0 bridgehead atoms. The topological polar surface area (TPSA) is 29.5 Å². The van der Waals surface area contributed by atoms with Gasteiger partial charge in [-0.05, 0) is 45.6 Å². The van der Waals surface area contributed by atoms with E-state index in [0.717, 1.165) is 25.1 Å². The summed E-state index contributed by atoms with van der Waals surface area (Å²) in [7, 11) is 1.61. The van der Waals surface area contributed by atoms with E-state index in [2.05, 4.69) is 31.9 Å². The van der Waals surface area contributed by atoms with E-state index < -0.39 is 6.10 Å². The van der Waals surface area contributed by atoms with Gasteiger partial charge in [0.2, 0.25) is 0 Å². The van der Waals surface area contributed by atoms with E-state index in [4.69, 9.17) is 4.74 Å². The largest absolute Gasteiger partial charge is 0.497 e. The van der Waals surface area contributed by atoms with Gasteiger partial charge in [-0.3, -0.25) is 0 Å². The van der Waals surface area contributed by atoms with Gasteiger partial charge in [-0.1, -0.05) is 15.9 Å². The minimum atomic E-state index is -0.658. The Labute approximate surface area is 121 Å². The predicted octanol–water partition coefficient (Wildman–Crippen LogP) is 4.36. The molecule has 17 heavy (non-hydrogen) atoms. The Morgan fingerprint density at radius 2 is 2.00 bits per heavy atom. The summed E-state index contributed by atoms with van der Waals surface area (Å²) in [5.74, 6) is 0.731. The lowest BCUT2D eigenvalue weighted by Crippen LogP contribution is -1.99. The number of halogens is 2. The van der Waals surface area contributed by atoms with Crippen molar-refractivity contribution in [2.45, 2.75) is 6.10 Å². The number of hydrogen-bond donors (Lipinski definition) is 1. The zero-order valence-electron chi connectivity index (χ0n) is 8.98. The van der Waals surface area contributed by atoms with E-state index >= 15 is 0 Å². The maximum Gasteiger partial charge on any atom is 0.119 e. The summed E-state index contributed by atoms with van der Waals surface area (Å²) in [6, 6.07) is 7.49. The molecule has 1 unspecified atom stereocenters. The predicted molar refractivity (Wildman–Crippen MR) is 76.8 cm³/mol. The fraction of sp³-hybridized carbons (Fsp3) is 0.167. The van der Waals surface area contributed by atoms with Crippen LogP contribution in [0.15, 0.2) is 38.6 Å². The molecule has 1 atom stereocenters. The molecule has 1 N–H and O–H groups in total. The lowest BCUT2D eigenvalue weighted by atomic mass is 10.1. The average molecular weight is 378 g/mol. The van der Waals surface area contributed by atoms with Gasteiger partial charge in [0.1, 0.15) is 11.9 Å². The van der Waals surface area contributed by atoms with Crippen LogP contribution in [-0.2, 0) is 0 Å². The molecule has 0 aliphatic heterocycles. The van der Waals surface area contributed by atoms with Crippen molar-refractivity contribution in [3.63, 3.8) is 0 Å². The summed E-state index contributed by atoms with van der Waals surface area (Å²) in [6.45, 7) is 0. The Morgan fingerprint density at radius 1 is 1.24 bits per heavy atom. The molecule has 2 rings (SSSR count). The van der Waals surface area contributed by atoms with Crippen molar-refractivity contribution in [2.24, 2.45) is 0 Å². The van der Waals surface area contributed by atoms with Crippen LogP contribution in [0.2, 0.25) is 0 Å². The number of rotatable bonds is 3. The second-order valence-electron chi connectivity index (χ2n) is 3.42. The van der Waals surface area contributed by atoms with Crippen LogP contribution >= 0.6 is 43.2 Å². The van der Waals surface area contributed by atoms with Gasteiger partial charge >= 0.3 is 0 Å². The van der Waals surface area contributed by atoms with E-state index in [0.29, 0.717) is 0 Å². The molecule has 0 spiro atoms. The highest BCUT2D eigenvalue weighted by molar-refractivity contribution is 9.10. The van der Waals surface area contributed by atoms with Crippen LogP contribution in [0.3, 0.4) is 0 Å². The van der Waals surface area contributed by atoms with Crippen LogP contribution in [0.1, 0.15) is 16.5 Å². The maximum atomic E-state index is 10.4. The summed E-state index contributed by atoms with van der Waals surface area (Å²) in [5.41, 5.74) is 0.799. The van der Waals surface area contributed by atoms with Crippen molar-refractivity contribution in [1.29, 1.82) is 0 Å². The Morgan fingerprint density at radius 3 is 2.59 bits per heavy atom. The fourth-order valence-electron chi connectivity index (χ4n) is 1.50. The van der Waals surface area contributed by atoms with Crippen molar-refractivity contribution in [3.05, 3.63) is 49.0 Å². The summed E-state index contributed by atoms with van der Waals surface area (Å²) < 4.78 is 6.96. The maximum absolute atomic E-state index is 10.4. The SMILES string of the molecule is COc1ccc(Br)c(C(O)c2sccc2Br)c1. The Hall–Kier alpha value is -0.360. The highest BCUT2D eigenvalue weighted by Crippen LogP contribution is 2.37. The normalized spacial score (nSPS) is 12.5. The smallest absolute Gasteiger partial charge is 0.119 e. The summed E-state index contributed by atoms with van der Waals surface area (Å²) in [4.78, 5) is 0.888. The monoisotopic (exact) mass is 376 g/mol. The zero-order valence-corrected chi connectivity index (χ0v) is 13.0. The molecule has 2 aromatic rings. The van der Waals surface area contributed by atoms with Crippen LogP contribution in [0.5, 0.6) is 5.75 Å². The highest BCUT2D eigenvalue weighted by atomic mass is 79.9. The molecule has 2 nitrogen and oxygen atoms in total. The Kier molecular flexibility index (Phi) is 4.25. The molecule has 90 valence electrons. The Bertz CT molecular complexity index is 525. The lowest BCUT2D eigenvalue weighted by Gasteiger charge is -2.13. The highest BCUT2D eigenvalue weighted by Gasteiger charge is 2.18. The summed E-state index contributed by atoms with van der Waals surface area (Å²) in [5, 5.41) is 12.3. The van der Waals surface area contributed by atoms with Crippen LogP contribution in [0.4, 0.5) is 0 Å². The molecular formula is C12H10Br2O2S. The molecule has 0 radical (unpaired) electrons. The fourth-order valence-corrected chi connectivity index (χ4v) is 3.56. The molecule has 5 heteroatoms. The van der Waals surface area contributed by atoms with Gasteiger partial charge in [0.25, 0.3) is 0 Å². The van der Waals surface area contributed by atoms with Gasteiger partial charge < -0.3 is 9.84 Å². The first-order valence-corrected chi connectivity index (χ1v) is 7.34. The number of methoxy groups -OCH3 is 1. The van der Waals surface area contributed by atoms with E-state index in [-0.39, 0.29) is 0 Å².